The van der Waals surface area contributed by atoms with E-state index in [9.17, 15) is 0 Å². The van der Waals surface area contributed by atoms with Crippen molar-refractivity contribution in [3.05, 3.63) is 5.32 Å². The normalized spacial score (nSPS) is 23.5. The van der Waals surface area contributed by atoms with Crippen molar-refractivity contribution < 1.29 is 4.74 Å². The number of hydrogen-bond acceptors (Lipinski definition) is 1. The van der Waals surface area contributed by atoms with Crippen LogP contribution >= 0.6 is 0 Å². The Hall–Kier alpha value is -0.0800. The van der Waals surface area contributed by atoms with E-state index in [1.54, 1.807) is 0 Å². The Morgan fingerprint density at radius 3 is 2.33 bits per heavy atom. The maximum Gasteiger partial charge on any atom is 0.0326 e. The Morgan fingerprint density at radius 2 is 2.33 bits per heavy atom. The van der Waals surface area contributed by atoms with E-state index in [1.807, 2.05) is 7.05 Å². The standard InChI is InChI=1S/C4H8NO/c1-5-4-2-6-3-4/h4H,2-3H2,1H3/q-1. The fourth-order valence-electron chi connectivity index (χ4n) is 0.372. The summed E-state index contributed by atoms with van der Waals surface area (Å²) in [5.74, 6) is 0. The molecule has 2 nitrogen and oxygen atoms in total. The summed E-state index contributed by atoms with van der Waals surface area (Å²) in [5.41, 5.74) is 0. The molecule has 0 bridgehead atoms. The fraction of sp³-hybridized carbons (Fsp3) is 1.00. The van der Waals surface area contributed by atoms with Gasteiger partial charge in [0.1, 0.15) is 0 Å². The smallest absolute Gasteiger partial charge is 0.0326 e. The number of likely N-dealkylation sites (N-methyl/N-ethyl adjacent to an activating group) is 1. The van der Waals surface area contributed by atoms with E-state index in [2.05, 4.69) is 5.32 Å². The molecule has 0 saturated carbocycles. The SMILES string of the molecule is C[N-]C1COC1. The van der Waals surface area contributed by atoms with Crippen LogP contribution in [-0.4, -0.2) is 26.3 Å². The molecule has 1 fully saturated rings. The summed E-state index contributed by atoms with van der Waals surface area (Å²) >= 11 is 0. The maximum absolute atomic E-state index is 4.83. The number of rotatable bonds is 1. The number of hydrogen-bond donors (Lipinski definition) is 0. The first-order valence-corrected chi connectivity index (χ1v) is 2.10. The van der Waals surface area contributed by atoms with Crippen molar-refractivity contribution in [1.82, 2.24) is 0 Å². The fourth-order valence-corrected chi connectivity index (χ4v) is 0.372. The van der Waals surface area contributed by atoms with Crippen LogP contribution in [0.5, 0.6) is 0 Å². The molecule has 1 aliphatic rings. The van der Waals surface area contributed by atoms with Gasteiger partial charge in [0.05, 0.1) is 0 Å². The Kier molecular flexibility index (Phi) is 1.08. The van der Waals surface area contributed by atoms with Gasteiger partial charge in [-0.15, -0.1) is 0 Å². The second-order valence-corrected chi connectivity index (χ2v) is 1.45. The van der Waals surface area contributed by atoms with Crippen LogP contribution in [0.1, 0.15) is 0 Å². The molecule has 0 aromatic carbocycles. The Morgan fingerprint density at radius 1 is 1.67 bits per heavy atom. The van der Waals surface area contributed by atoms with E-state index in [1.165, 1.54) is 0 Å². The molecule has 0 unspecified atom stereocenters. The van der Waals surface area contributed by atoms with Crippen molar-refractivity contribution in [2.45, 2.75) is 6.04 Å². The number of ether oxygens (including phenoxy) is 1. The van der Waals surface area contributed by atoms with Gasteiger partial charge in [-0.3, -0.25) is 0 Å². The van der Waals surface area contributed by atoms with Crippen molar-refractivity contribution in [1.29, 1.82) is 0 Å². The minimum Gasteiger partial charge on any atom is -0.659 e. The summed E-state index contributed by atoms with van der Waals surface area (Å²) in [4.78, 5) is 0. The quantitative estimate of drug-likeness (QED) is 0.452. The van der Waals surface area contributed by atoms with Crippen LogP contribution in [0.3, 0.4) is 0 Å². The third-order valence-electron chi connectivity index (χ3n) is 0.986. The van der Waals surface area contributed by atoms with Gasteiger partial charge in [-0.05, 0) is 0 Å². The average molecular weight is 86.1 g/mol. The molecule has 0 spiro atoms. The van der Waals surface area contributed by atoms with Gasteiger partial charge in [-0.25, -0.2) is 0 Å². The van der Waals surface area contributed by atoms with Crippen LogP contribution in [0.25, 0.3) is 5.32 Å². The van der Waals surface area contributed by atoms with E-state index in [4.69, 9.17) is 4.74 Å². The molecule has 0 N–H and O–H groups in total. The lowest BCUT2D eigenvalue weighted by molar-refractivity contribution is 0.0249. The maximum atomic E-state index is 4.83. The van der Waals surface area contributed by atoms with Gasteiger partial charge in [0.25, 0.3) is 0 Å². The molecule has 0 aromatic rings. The first-order valence-electron chi connectivity index (χ1n) is 2.10. The molecule has 36 valence electrons. The van der Waals surface area contributed by atoms with Crippen molar-refractivity contribution in [3.63, 3.8) is 0 Å². The van der Waals surface area contributed by atoms with Crippen molar-refractivity contribution >= 4 is 0 Å². The molecule has 0 atom stereocenters. The summed E-state index contributed by atoms with van der Waals surface area (Å²) in [6, 6.07) is 0.519. The molecule has 0 amide bonds. The largest absolute Gasteiger partial charge is 0.659 e. The predicted octanol–water partition coefficient (Wildman–Crippen LogP) is 0.389. The molecular weight excluding hydrogens is 78.0 g/mol. The highest BCUT2D eigenvalue weighted by Crippen LogP contribution is 2.06. The highest BCUT2D eigenvalue weighted by Gasteiger charge is 2.04. The summed E-state index contributed by atoms with van der Waals surface area (Å²) in [6.07, 6.45) is 0. The van der Waals surface area contributed by atoms with Gasteiger partial charge in [-0.1, -0.05) is 6.04 Å². The monoisotopic (exact) mass is 86.1 g/mol. The van der Waals surface area contributed by atoms with Gasteiger partial charge in [0.2, 0.25) is 0 Å². The molecule has 1 saturated heterocycles. The van der Waals surface area contributed by atoms with Gasteiger partial charge in [0.15, 0.2) is 0 Å². The second kappa shape index (κ2) is 1.58. The molecule has 0 aromatic heterocycles. The highest BCUT2D eigenvalue weighted by molar-refractivity contribution is 4.90. The first kappa shape index (κ1) is 4.09. The van der Waals surface area contributed by atoms with Crippen LogP contribution in [0, 0.1) is 0 Å². The Bertz CT molecular complexity index is 40.1. The lowest BCUT2D eigenvalue weighted by Crippen LogP contribution is -2.31. The minimum atomic E-state index is 0.519. The summed E-state index contributed by atoms with van der Waals surface area (Å²) in [6.45, 7) is 1.69. The third kappa shape index (κ3) is 0.533. The van der Waals surface area contributed by atoms with Crippen molar-refractivity contribution in [2.75, 3.05) is 20.3 Å². The molecule has 1 rings (SSSR count). The third-order valence-corrected chi connectivity index (χ3v) is 0.986. The lowest BCUT2D eigenvalue weighted by Gasteiger charge is -2.35. The first-order chi connectivity index (χ1) is 2.93. The van der Waals surface area contributed by atoms with Gasteiger partial charge in [-0.2, -0.15) is 7.05 Å². The van der Waals surface area contributed by atoms with Gasteiger partial charge < -0.3 is 10.1 Å². The van der Waals surface area contributed by atoms with Crippen LogP contribution in [-0.2, 0) is 4.74 Å². The van der Waals surface area contributed by atoms with Crippen LogP contribution < -0.4 is 0 Å². The van der Waals surface area contributed by atoms with E-state index >= 15 is 0 Å². The van der Waals surface area contributed by atoms with E-state index in [-0.39, 0.29) is 0 Å². The van der Waals surface area contributed by atoms with Gasteiger partial charge >= 0.3 is 0 Å². The summed E-state index contributed by atoms with van der Waals surface area (Å²) < 4.78 is 4.83. The zero-order chi connectivity index (χ0) is 4.41. The molecular formula is C4H8NO-. The zero-order valence-electron chi connectivity index (χ0n) is 3.85. The topological polar surface area (TPSA) is 23.3 Å². The summed E-state index contributed by atoms with van der Waals surface area (Å²) in [5, 5.41) is 3.97. The average Bonchev–Trinajstić information content (AvgIpc) is 1.31. The van der Waals surface area contributed by atoms with E-state index in [0.717, 1.165) is 13.2 Å². The molecule has 1 heterocycles. The van der Waals surface area contributed by atoms with E-state index < -0.39 is 0 Å². The van der Waals surface area contributed by atoms with Gasteiger partial charge in [0, 0.05) is 13.2 Å². The molecule has 0 radical (unpaired) electrons. The van der Waals surface area contributed by atoms with E-state index in [0.29, 0.717) is 6.04 Å². The Labute approximate surface area is 37.5 Å². The molecule has 0 aliphatic carbocycles. The molecule has 1 aliphatic heterocycles. The molecule has 6 heavy (non-hydrogen) atoms. The highest BCUT2D eigenvalue weighted by atomic mass is 16.5. The van der Waals surface area contributed by atoms with Crippen LogP contribution in [0.2, 0.25) is 0 Å². The van der Waals surface area contributed by atoms with Crippen LogP contribution in [0.15, 0.2) is 0 Å². The summed E-state index contributed by atoms with van der Waals surface area (Å²) in [7, 11) is 1.83. The minimum absolute atomic E-state index is 0.519. The molecule has 2 heteroatoms. The number of nitrogens with zero attached hydrogens (tertiary/aromatic N) is 1. The van der Waals surface area contributed by atoms with Crippen molar-refractivity contribution in [3.8, 4) is 0 Å². The van der Waals surface area contributed by atoms with Crippen molar-refractivity contribution in [2.24, 2.45) is 0 Å². The predicted molar refractivity (Wildman–Crippen MR) is 23.9 cm³/mol. The second-order valence-electron chi connectivity index (χ2n) is 1.45. The Balaban J connectivity index is 2.01. The zero-order valence-corrected chi connectivity index (χ0v) is 3.85. The lowest BCUT2D eigenvalue weighted by atomic mass is 10.3. The van der Waals surface area contributed by atoms with Crippen LogP contribution in [0.4, 0.5) is 0 Å².